The fourth-order valence-electron chi connectivity index (χ4n) is 3.16. The van der Waals surface area contributed by atoms with Crippen molar-refractivity contribution in [1.29, 1.82) is 0 Å². The van der Waals surface area contributed by atoms with E-state index in [1.54, 1.807) is 17.7 Å². The van der Waals surface area contributed by atoms with E-state index >= 15 is 0 Å². The van der Waals surface area contributed by atoms with E-state index in [9.17, 15) is 19.8 Å². The summed E-state index contributed by atoms with van der Waals surface area (Å²) in [5.74, 6) is -1.05. The van der Waals surface area contributed by atoms with Crippen molar-refractivity contribution in [1.82, 2.24) is 9.13 Å². The van der Waals surface area contributed by atoms with Gasteiger partial charge in [0.1, 0.15) is 0 Å². The summed E-state index contributed by atoms with van der Waals surface area (Å²) >= 11 is 0. The number of imidazole rings is 1. The van der Waals surface area contributed by atoms with Crippen molar-refractivity contribution < 1.29 is 19.7 Å². The number of carboxylic acids is 1. The number of hydrogen-bond donors (Lipinski definition) is 2. The summed E-state index contributed by atoms with van der Waals surface area (Å²) in [6.07, 6.45) is -0.372. The predicted molar refractivity (Wildman–Crippen MR) is 101 cm³/mol. The second kappa shape index (κ2) is 8.20. The van der Waals surface area contributed by atoms with Crippen LogP contribution in [0.25, 0.3) is 11.0 Å². The van der Waals surface area contributed by atoms with Crippen molar-refractivity contribution in [3.8, 4) is 0 Å². The lowest BCUT2D eigenvalue weighted by atomic mass is 10.1. The van der Waals surface area contributed by atoms with E-state index in [0.29, 0.717) is 30.6 Å². The van der Waals surface area contributed by atoms with Gasteiger partial charge in [-0.15, -0.1) is 0 Å². The van der Waals surface area contributed by atoms with Crippen molar-refractivity contribution >= 4 is 17.0 Å². The SMILES string of the molecule is COCCn1c(=O)n(CC[C@@H](O)c2ccccc2)c2cc(C(=O)O)ccc21. The van der Waals surface area contributed by atoms with Gasteiger partial charge in [-0.2, -0.15) is 0 Å². The quantitative estimate of drug-likeness (QED) is 0.634. The first-order chi connectivity index (χ1) is 13.0. The number of aryl methyl sites for hydroxylation is 1. The van der Waals surface area contributed by atoms with Gasteiger partial charge in [0.15, 0.2) is 0 Å². The first kappa shape index (κ1) is 18.9. The minimum absolute atomic E-state index is 0.115. The van der Waals surface area contributed by atoms with Gasteiger partial charge in [-0.1, -0.05) is 30.3 Å². The predicted octanol–water partition coefficient (Wildman–Crippen LogP) is 2.27. The van der Waals surface area contributed by atoms with Gasteiger partial charge in [0.25, 0.3) is 0 Å². The van der Waals surface area contributed by atoms with Gasteiger partial charge in [-0.3, -0.25) is 9.13 Å². The van der Waals surface area contributed by atoms with Gasteiger partial charge in [0.05, 0.1) is 35.9 Å². The van der Waals surface area contributed by atoms with E-state index in [1.807, 2.05) is 30.3 Å². The minimum atomic E-state index is -1.05. The lowest BCUT2D eigenvalue weighted by molar-refractivity contribution is 0.0697. The molecule has 0 spiro atoms. The van der Waals surface area contributed by atoms with Crippen LogP contribution in [0.1, 0.15) is 28.4 Å². The van der Waals surface area contributed by atoms with Crippen LogP contribution in [-0.2, 0) is 17.8 Å². The number of nitrogens with zero attached hydrogens (tertiary/aromatic N) is 2. The molecule has 3 aromatic rings. The van der Waals surface area contributed by atoms with Gasteiger partial charge in [0, 0.05) is 13.7 Å². The maximum atomic E-state index is 12.9. The number of benzene rings is 2. The van der Waals surface area contributed by atoms with E-state index < -0.39 is 12.1 Å². The summed E-state index contributed by atoms with van der Waals surface area (Å²) in [4.78, 5) is 24.2. The number of ether oxygens (including phenoxy) is 1. The van der Waals surface area contributed by atoms with Gasteiger partial charge in [-0.25, -0.2) is 9.59 Å². The molecule has 27 heavy (non-hydrogen) atoms. The Morgan fingerprint density at radius 1 is 1.07 bits per heavy atom. The van der Waals surface area contributed by atoms with Crippen LogP contribution >= 0.6 is 0 Å². The summed E-state index contributed by atoms with van der Waals surface area (Å²) in [5.41, 5.74) is 1.83. The zero-order valence-electron chi connectivity index (χ0n) is 15.0. The molecule has 0 radical (unpaired) electrons. The Labute approximate surface area is 156 Å². The number of aliphatic hydroxyl groups excluding tert-OH is 1. The molecule has 1 aromatic heterocycles. The molecule has 0 aliphatic rings. The second-order valence-electron chi connectivity index (χ2n) is 6.30. The molecule has 0 amide bonds. The molecule has 0 saturated carbocycles. The lowest BCUT2D eigenvalue weighted by Crippen LogP contribution is -2.26. The largest absolute Gasteiger partial charge is 0.478 e. The van der Waals surface area contributed by atoms with Crippen LogP contribution in [-0.4, -0.2) is 39.0 Å². The average molecular weight is 370 g/mol. The van der Waals surface area contributed by atoms with Crippen molar-refractivity contribution in [2.24, 2.45) is 0 Å². The van der Waals surface area contributed by atoms with Crippen LogP contribution in [0.4, 0.5) is 0 Å². The van der Waals surface area contributed by atoms with Gasteiger partial charge < -0.3 is 14.9 Å². The summed E-state index contributed by atoms with van der Waals surface area (Å²) in [6.45, 7) is 1.01. The highest BCUT2D eigenvalue weighted by Gasteiger charge is 2.17. The molecule has 0 fully saturated rings. The van der Waals surface area contributed by atoms with E-state index in [2.05, 4.69) is 0 Å². The summed E-state index contributed by atoms with van der Waals surface area (Å²) < 4.78 is 8.16. The monoisotopic (exact) mass is 370 g/mol. The Morgan fingerprint density at radius 3 is 2.44 bits per heavy atom. The molecule has 0 aliphatic heterocycles. The first-order valence-corrected chi connectivity index (χ1v) is 8.71. The van der Waals surface area contributed by atoms with Gasteiger partial charge in [0.2, 0.25) is 0 Å². The molecule has 2 aromatic carbocycles. The summed E-state index contributed by atoms with van der Waals surface area (Å²) in [5, 5.41) is 19.7. The third-order valence-corrected chi connectivity index (χ3v) is 4.60. The molecule has 3 rings (SSSR count). The standard InChI is InChI=1S/C20H22N2O5/c1-27-12-11-22-16-8-7-15(19(24)25)13-17(16)21(20(22)26)10-9-18(23)14-5-3-2-4-6-14/h2-8,13,18,23H,9-12H2,1H3,(H,24,25)/t18-/m1/s1. The van der Waals surface area contributed by atoms with E-state index in [4.69, 9.17) is 4.74 Å². The molecular formula is C20H22N2O5. The van der Waals surface area contributed by atoms with E-state index in [1.165, 1.54) is 16.7 Å². The molecule has 1 atom stereocenters. The van der Waals surface area contributed by atoms with Crippen LogP contribution in [0, 0.1) is 0 Å². The Hall–Kier alpha value is -2.90. The van der Waals surface area contributed by atoms with Crippen LogP contribution in [0.15, 0.2) is 53.3 Å². The topological polar surface area (TPSA) is 93.7 Å². The molecular weight excluding hydrogens is 348 g/mol. The number of carboxylic acid groups (broad SMARTS) is 1. The van der Waals surface area contributed by atoms with Gasteiger partial charge >= 0.3 is 11.7 Å². The average Bonchev–Trinajstić information content (AvgIpc) is 2.95. The van der Waals surface area contributed by atoms with Crippen LogP contribution in [0.5, 0.6) is 0 Å². The number of hydrogen-bond acceptors (Lipinski definition) is 4. The molecule has 142 valence electrons. The highest BCUT2D eigenvalue weighted by molar-refractivity contribution is 5.92. The third kappa shape index (κ3) is 3.94. The molecule has 0 aliphatic carbocycles. The number of methoxy groups -OCH3 is 1. The number of carbonyl (C=O) groups is 1. The number of fused-ring (bicyclic) bond motifs is 1. The van der Waals surface area contributed by atoms with Crippen molar-refractivity contribution in [3.05, 3.63) is 70.1 Å². The minimum Gasteiger partial charge on any atom is -0.478 e. The molecule has 0 unspecified atom stereocenters. The normalized spacial score (nSPS) is 12.4. The van der Waals surface area contributed by atoms with Crippen molar-refractivity contribution in [3.63, 3.8) is 0 Å². The van der Waals surface area contributed by atoms with Crippen molar-refractivity contribution in [2.45, 2.75) is 25.6 Å². The Balaban J connectivity index is 1.97. The van der Waals surface area contributed by atoms with Crippen molar-refractivity contribution in [2.75, 3.05) is 13.7 Å². The number of aromatic nitrogens is 2. The fraction of sp³-hybridized carbons (Fsp3) is 0.300. The second-order valence-corrected chi connectivity index (χ2v) is 6.30. The van der Waals surface area contributed by atoms with E-state index in [-0.39, 0.29) is 17.8 Å². The molecule has 7 nitrogen and oxygen atoms in total. The summed E-state index contributed by atoms with van der Waals surface area (Å²) in [6, 6.07) is 13.8. The highest BCUT2D eigenvalue weighted by Crippen LogP contribution is 2.20. The Morgan fingerprint density at radius 2 is 1.78 bits per heavy atom. The van der Waals surface area contributed by atoms with E-state index in [0.717, 1.165) is 5.56 Å². The van der Waals surface area contributed by atoms with Crippen LogP contribution < -0.4 is 5.69 Å². The lowest BCUT2D eigenvalue weighted by Gasteiger charge is -2.11. The van der Waals surface area contributed by atoms with Crippen LogP contribution in [0.3, 0.4) is 0 Å². The van der Waals surface area contributed by atoms with Crippen LogP contribution in [0.2, 0.25) is 0 Å². The smallest absolute Gasteiger partial charge is 0.335 e. The fourth-order valence-corrected chi connectivity index (χ4v) is 3.16. The van der Waals surface area contributed by atoms with Gasteiger partial charge in [-0.05, 0) is 30.2 Å². The molecule has 0 saturated heterocycles. The maximum absolute atomic E-state index is 12.9. The molecule has 2 N–H and O–H groups in total. The number of aromatic carboxylic acids is 1. The summed E-state index contributed by atoms with van der Waals surface area (Å²) in [7, 11) is 1.56. The third-order valence-electron chi connectivity index (χ3n) is 4.60. The molecule has 1 heterocycles. The zero-order chi connectivity index (χ0) is 19.4. The highest BCUT2D eigenvalue weighted by atomic mass is 16.5. The number of aliphatic hydroxyl groups is 1. The Bertz CT molecular complexity index is 991. The molecule has 0 bridgehead atoms. The maximum Gasteiger partial charge on any atom is 0.335 e. The number of rotatable bonds is 8. The zero-order valence-corrected chi connectivity index (χ0v) is 15.0. The Kier molecular flexibility index (Phi) is 5.73. The first-order valence-electron chi connectivity index (χ1n) is 8.71. The molecule has 7 heteroatoms.